The van der Waals surface area contributed by atoms with Crippen LogP contribution in [-0.4, -0.2) is 73.2 Å². The molecule has 1 unspecified atom stereocenters. The van der Waals surface area contributed by atoms with Crippen LogP contribution in [0.4, 0.5) is 4.79 Å². The largest absolute Gasteiger partial charge is 0.508 e. The van der Waals surface area contributed by atoms with Crippen LogP contribution in [0.15, 0.2) is 0 Å². The molecule has 10 heteroatoms. The van der Waals surface area contributed by atoms with Crippen LogP contribution < -0.4 is 0 Å². The minimum Gasteiger partial charge on any atom is -0.459 e. The first kappa shape index (κ1) is 21.3. The number of carbonyl (C=O) groups excluding carboxylic acids is 2. The number of carbonyl (C=O) groups is 2. The molecule has 160 valence electrons. The summed E-state index contributed by atoms with van der Waals surface area (Å²) in [6.07, 6.45) is -3.22. The number of rotatable bonds is 5. The molecule has 3 heterocycles. The van der Waals surface area contributed by atoms with E-state index in [1.165, 1.54) is 13.8 Å². The lowest BCUT2D eigenvalue weighted by Gasteiger charge is -2.32. The van der Waals surface area contributed by atoms with Gasteiger partial charge in [-0.2, -0.15) is 0 Å². The quantitative estimate of drug-likeness (QED) is 0.526. The molecular weight excluding hydrogens is 376 g/mol. The molecule has 4 atom stereocenters. The highest BCUT2D eigenvalue weighted by molar-refractivity contribution is 5.78. The molecule has 0 spiro atoms. The van der Waals surface area contributed by atoms with Gasteiger partial charge in [-0.25, -0.2) is 4.79 Å². The van der Waals surface area contributed by atoms with Crippen molar-refractivity contribution in [2.24, 2.45) is 5.41 Å². The Morgan fingerprint density at radius 1 is 1.21 bits per heavy atom. The molecule has 0 aromatic heterocycles. The van der Waals surface area contributed by atoms with Crippen LogP contribution >= 0.6 is 0 Å². The highest BCUT2D eigenvalue weighted by Crippen LogP contribution is 2.36. The molecule has 28 heavy (non-hydrogen) atoms. The van der Waals surface area contributed by atoms with Crippen molar-refractivity contribution in [1.82, 2.24) is 0 Å². The summed E-state index contributed by atoms with van der Waals surface area (Å²) in [4.78, 5) is 23.8. The third-order valence-electron chi connectivity index (χ3n) is 4.69. The van der Waals surface area contributed by atoms with Gasteiger partial charge >= 0.3 is 12.1 Å². The van der Waals surface area contributed by atoms with E-state index in [9.17, 15) is 14.7 Å². The molecule has 3 aliphatic rings. The number of ether oxygens (including phenoxy) is 7. The summed E-state index contributed by atoms with van der Waals surface area (Å²) in [6.45, 7) is 8.11. The van der Waals surface area contributed by atoms with E-state index in [4.69, 9.17) is 33.2 Å². The van der Waals surface area contributed by atoms with Crippen molar-refractivity contribution < 1.29 is 47.9 Å². The van der Waals surface area contributed by atoms with E-state index < -0.39 is 53.7 Å². The molecule has 3 saturated heterocycles. The lowest BCUT2D eigenvalue weighted by molar-refractivity contribution is -0.275. The fourth-order valence-electron chi connectivity index (χ4n) is 3.28. The van der Waals surface area contributed by atoms with Gasteiger partial charge in [0.2, 0.25) is 0 Å². The molecular formula is C18H28O10. The second-order valence-electron chi connectivity index (χ2n) is 8.53. The molecule has 3 rings (SSSR count). The van der Waals surface area contributed by atoms with Crippen molar-refractivity contribution >= 4 is 12.1 Å². The Morgan fingerprint density at radius 3 is 2.39 bits per heavy atom. The van der Waals surface area contributed by atoms with Gasteiger partial charge in [-0.3, -0.25) is 4.79 Å². The normalized spacial score (nSPS) is 34.6. The van der Waals surface area contributed by atoms with Crippen molar-refractivity contribution in [1.29, 1.82) is 0 Å². The Balaban J connectivity index is 1.70. The van der Waals surface area contributed by atoms with Crippen molar-refractivity contribution in [3.63, 3.8) is 0 Å². The zero-order valence-corrected chi connectivity index (χ0v) is 16.8. The van der Waals surface area contributed by atoms with Gasteiger partial charge in [-0.05, 0) is 34.6 Å². The molecule has 0 saturated carbocycles. The Hall–Kier alpha value is -1.46. The lowest BCUT2D eigenvalue weighted by atomic mass is 9.92. The summed E-state index contributed by atoms with van der Waals surface area (Å²) in [7, 11) is 0. The average Bonchev–Trinajstić information content (AvgIpc) is 3.11. The molecule has 0 amide bonds. The fraction of sp³-hybridized carbons (Fsp3) is 0.889. The summed E-state index contributed by atoms with van der Waals surface area (Å²) in [6, 6.07) is 0. The Morgan fingerprint density at radius 2 is 1.86 bits per heavy atom. The number of hydrogen-bond acceptors (Lipinski definition) is 10. The van der Waals surface area contributed by atoms with E-state index in [1.54, 1.807) is 20.8 Å². The topological polar surface area (TPSA) is 119 Å². The first-order valence-corrected chi connectivity index (χ1v) is 9.25. The summed E-state index contributed by atoms with van der Waals surface area (Å²) in [5.41, 5.74) is -1.13. The fourth-order valence-corrected chi connectivity index (χ4v) is 3.28. The second-order valence-corrected chi connectivity index (χ2v) is 8.53. The summed E-state index contributed by atoms with van der Waals surface area (Å²) in [5.74, 6) is -2.78. The maximum Gasteiger partial charge on any atom is 0.508 e. The van der Waals surface area contributed by atoms with Gasteiger partial charge in [0.1, 0.15) is 36.9 Å². The van der Waals surface area contributed by atoms with Gasteiger partial charge < -0.3 is 38.3 Å². The van der Waals surface area contributed by atoms with Crippen LogP contribution in [0.25, 0.3) is 0 Å². The van der Waals surface area contributed by atoms with E-state index in [0.29, 0.717) is 0 Å². The number of aliphatic hydroxyl groups is 1. The van der Waals surface area contributed by atoms with Crippen LogP contribution in [0.5, 0.6) is 0 Å². The molecule has 0 aromatic carbocycles. The first-order chi connectivity index (χ1) is 12.9. The van der Waals surface area contributed by atoms with Gasteiger partial charge in [0, 0.05) is 6.42 Å². The van der Waals surface area contributed by atoms with Gasteiger partial charge in [-0.1, -0.05) is 0 Å². The Kier molecular flexibility index (Phi) is 5.63. The van der Waals surface area contributed by atoms with E-state index >= 15 is 0 Å². The van der Waals surface area contributed by atoms with Crippen molar-refractivity contribution in [3.05, 3.63) is 0 Å². The second kappa shape index (κ2) is 7.42. The molecule has 3 aliphatic heterocycles. The van der Waals surface area contributed by atoms with Gasteiger partial charge in [-0.15, -0.1) is 0 Å². The summed E-state index contributed by atoms with van der Waals surface area (Å²) >= 11 is 0. The van der Waals surface area contributed by atoms with E-state index in [-0.39, 0.29) is 26.2 Å². The van der Waals surface area contributed by atoms with Crippen LogP contribution in [0.1, 0.15) is 41.0 Å². The van der Waals surface area contributed by atoms with Crippen LogP contribution in [0, 0.1) is 5.41 Å². The van der Waals surface area contributed by atoms with Crippen molar-refractivity contribution in [2.45, 2.75) is 77.2 Å². The monoisotopic (exact) mass is 404 g/mol. The van der Waals surface area contributed by atoms with Crippen LogP contribution in [-0.2, 0) is 38.0 Å². The molecule has 0 radical (unpaired) electrons. The highest BCUT2D eigenvalue weighted by Gasteiger charge is 2.51. The van der Waals surface area contributed by atoms with Gasteiger partial charge in [0.05, 0.1) is 6.61 Å². The van der Waals surface area contributed by atoms with Crippen LogP contribution in [0.2, 0.25) is 0 Å². The van der Waals surface area contributed by atoms with Crippen molar-refractivity contribution in [3.8, 4) is 0 Å². The van der Waals surface area contributed by atoms with Gasteiger partial charge in [0.15, 0.2) is 17.9 Å². The van der Waals surface area contributed by atoms with Crippen LogP contribution in [0.3, 0.4) is 0 Å². The maximum atomic E-state index is 12.8. The molecule has 10 nitrogen and oxygen atoms in total. The minimum absolute atomic E-state index is 0.136. The predicted molar refractivity (Wildman–Crippen MR) is 90.9 cm³/mol. The zero-order chi connectivity index (χ0) is 20.7. The highest BCUT2D eigenvalue weighted by atomic mass is 16.8. The van der Waals surface area contributed by atoms with Crippen molar-refractivity contribution in [2.75, 3.05) is 19.8 Å². The first-order valence-electron chi connectivity index (χ1n) is 9.25. The smallest absolute Gasteiger partial charge is 0.459 e. The number of hydrogen-bond donors (Lipinski definition) is 1. The number of esters is 1. The Bertz CT molecular complexity index is 600. The van der Waals surface area contributed by atoms with E-state index in [0.717, 1.165) is 0 Å². The van der Waals surface area contributed by atoms with Gasteiger partial charge in [0.25, 0.3) is 0 Å². The minimum atomic E-state index is -1.42. The predicted octanol–water partition coefficient (Wildman–Crippen LogP) is 1.08. The lowest BCUT2D eigenvalue weighted by Crippen LogP contribution is -2.47. The zero-order valence-electron chi connectivity index (χ0n) is 16.8. The third-order valence-corrected chi connectivity index (χ3v) is 4.69. The molecule has 0 bridgehead atoms. The molecule has 1 N–H and O–H groups in total. The summed E-state index contributed by atoms with van der Waals surface area (Å²) < 4.78 is 38.2. The van der Waals surface area contributed by atoms with E-state index in [1.807, 2.05) is 0 Å². The maximum absolute atomic E-state index is 12.8. The SMILES string of the molecule is CC(C)(O)O[C@@H]1C[C@@H](OC(=O)C2(C)COC(=O)OC2)[C@@H](C2COC(C)(C)O2)O1. The molecule has 0 aromatic rings. The molecule has 0 aliphatic carbocycles. The number of cyclic esters (lactones) is 2. The standard InChI is InChI=1S/C18H28O10/c1-16(2,21)28-12-6-10(13(26-12)11-7-24-17(3,4)27-11)25-14(19)18(5)8-22-15(20)23-9-18/h10-13,21H,6-9H2,1-5H3/t10-,11?,12-,13+/m1/s1. The molecule has 3 fully saturated rings. The summed E-state index contributed by atoms with van der Waals surface area (Å²) in [5, 5.41) is 9.92. The Labute approximate surface area is 163 Å². The third kappa shape index (κ3) is 4.93. The van der Waals surface area contributed by atoms with E-state index in [2.05, 4.69) is 0 Å². The average molecular weight is 404 g/mol.